The van der Waals surface area contributed by atoms with Crippen molar-refractivity contribution >= 4 is 22.6 Å². The van der Waals surface area contributed by atoms with E-state index in [4.69, 9.17) is 5.11 Å². The minimum absolute atomic E-state index is 0.0502. The highest BCUT2D eigenvalue weighted by molar-refractivity contribution is 5.93. The molecular weight excluding hydrogens is 356 g/mol. The highest BCUT2D eigenvalue weighted by Gasteiger charge is 2.26. The molecule has 0 unspecified atom stereocenters. The van der Waals surface area contributed by atoms with Gasteiger partial charge in [-0.15, -0.1) is 0 Å². The van der Waals surface area contributed by atoms with Gasteiger partial charge in [-0.1, -0.05) is 6.92 Å². The number of hydrogen-bond donors (Lipinski definition) is 2. The van der Waals surface area contributed by atoms with Gasteiger partial charge in [-0.25, -0.2) is 13.6 Å². The van der Waals surface area contributed by atoms with E-state index in [2.05, 4.69) is 12.2 Å². The van der Waals surface area contributed by atoms with Gasteiger partial charge in [0.1, 0.15) is 17.1 Å². The van der Waals surface area contributed by atoms with Crippen molar-refractivity contribution < 1.29 is 18.7 Å². The standard InChI is InChI=1S/C16H16F2N2O3.C3H9N/c1-2-19-8-10(16(22)23)15(21)9-7-11(17)14(12(18)13(9)19)20-5-3-4-6-20;1-3-4-2/h7-8H,2-6H2,1H3,(H,22,23);4H,3H2,1-2H3. The number of carbonyl (C=O) groups is 1. The molecule has 1 aromatic heterocycles. The Balaban J connectivity index is 0.000000596. The van der Waals surface area contributed by atoms with Crippen molar-refractivity contribution in [2.75, 3.05) is 31.6 Å². The van der Waals surface area contributed by atoms with Gasteiger partial charge >= 0.3 is 5.97 Å². The average Bonchev–Trinajstić information content (AvgIpc) is 3.16. The van der Waals surface area contributed by atoms with E-state index in [1.807, 2.05) is 7.05 Å². The first-order valence-corrected chi connectivity index (χ1v) is 9.05. The number of aryl methyl sites for hydroxylation is 1. The van der Waals surface area contributed by atoms with E-state index >= 15 is 0 Å². The summed E-state index contributed by atoms with van der Waals surface area (Å²) in [5.41, 5.74) is -1.56. The largest absolute Gasteiger partial charge is 0.477 e. The lowest BCUT2D eigenvalue weighted by molar-refractivity contribution is 0.0695. The van der Waals surface area contributed by atoms with E-state index in [9.17, 15) is 18.4 Å². The van der Waals surface area contributed by atoms with Crippen LogP contribution in [0.4, 0.5) is 14.5 Å². The van der Waals surface area contributed by atoms with Crippen molar-refractivity contribution in [1.82, 2.24) is 9.88 Å². The molecule has 1 aliphatic heterocycles. The van der Waals surface area contributed by atoms with Crippen LogP contribution in [0, 0.1) is 11.6 Å². The number of pyridine rings is 1. The van der Waals surface area contributed by atoms with Crippen LogP contribution in [0.25, 0.3) is 10.9 Å². The normalized spacial score (nSPS) is 13.6. The number of aromatic carboxylic acids is 1. The number of benzene rings is 1. The van der Waals surface area contributed by atoms with Crippen molar-refractivity contribution in [2.45, 2.75) is 33.2 Å². The van der Waals surface area contributed by atoms with Crippen LogP contribution in [-0.4, -0.2) is 42.3 Å². The summed E-state index contributed by atoms with van der Waals surface area (Å²) in [4.78, 5) is 25.0. The lowest BCUT2D eigenvalue weighted by Crippen LogP contribution is -2.24. The summed E-state index contributed by atoms with van der Waals surface area (Å²) in [6.45, 7) is 6.22. The molecule has 1 aromatic carbocycles. The second kappa shape index (κ2) is 8.94. The molecule has 0 bridgehead atoms. The summed E-state index contributed by atoms with van der Waals surface area (Å²) in [6.07, 6.45) is 2.83. The summed E-state index contributed by atoms with van der Waals surface area (Å²) in [6, 6.07) is 0.951. The third kappa shape index (κ3) is 4.10. The number of nitrogens with one attached hydrogen (secondary N) is 1. The Bertz CT molecular complexity index is 888. The fourth-order valence-corrected chi connectivity index (χ4v) is 3.11. The van der Waals surface area contributed by atoms with E-state index < -0.39 is 28.6 Å². The molecule has 0 atom stereocenters. The molecule has 0 saturated carbocycles. The predicted octanol–water partition coefficient (Wildman–Crippen LogP) is 2.82. The van der Waals surface area contributed by atoms with E-state index in [0.29, 0.717) is 13.1 Å². The second-order valence-electron chi connectivity index (χ2n) is 6.28. The summed E-state index contributed by atoms with van der Waals surface area (Å²) >= 11 is 0. The summed E-state index contributed by atoms with van der Waals surface area (Å²) in [5.74, 6) is -3.06. The molecular formula is C19H25F2N3O3. The molecule has 2 N–H and O–H groups in total. The molecule has 8 heteroatoms. The minimum atomic E-state index is -1.41. The number of rotatable bonds is 4. The molecule has 0 spiro atoms. The van der Waals surface area contributed by atoms with E-state index in [0.717, 1.165) is 31.6 Å². The van der Waals surface area contributed by atoms with Crippen molar-refractivity contribution in [3.63, 3.8) is 0 Å². The Morgan fingerprint density at radius 3 is 2.33 bits per heavy atom. The molecule has 1 aliphatic rings. The van der Waals surface area contributed by atoms with Gasteiger partial charge in [-0.3, -0.25) is 4.79 Å². The zero-order valence-electron chi connectivity index (χ0n) is 15.8. The van der Waals surface area contributed by atoms with Crippen molar-refractivity contribution in [3.05, 3.63) is 39.7 Å². The first-order valence-electron chi connectivity index (χ1n) is 9.05. The maximum atomic E-state index is 15.0. The minimum Gasteiger partial charge on any atom is -0.477 e. The SMILES string of the molecule is CCNC.CCn1cc(C(=O)O)c(=O)c2cc(F)c(N3CCCC3)c(F)c21. The van der Waals surface area contributed by atoms with Crippen molar-refractivity contribution in [1.29, 1.82) is 0 Å². The quantitative estimate of drug-likeness (QED) is 0.852. The van der Waals surface area contributed by atoms with Gasteiger partial charge in [0, 0.05) is 25.8 Å². The number of anilines is 1. The molecule has 0 amide bonds. The number of nitrogens with zero attached hydrogens (tertiary/aromatic N) is 2. The molecule has 2 heterocycles. The number of halogens is 2. The molecule has 1 fully saturated rings. The fraction of sp³-hybridized carbons (Fsp3) is 0.474. The predicted molar refractivity (Wildman–Crippen MR) is 102 cm³/mol. The molecule has 27 heavy (non-hydrogen) atoms. The van der Waals surface area contributed by atoms with Gasteiger partial charge < -0.3 is 19.9 Å². The molecule has 3 rings (SSSR count). The highest BCUT2D eigenvalue weighted by Crippen LogP contribution is 2.32. The lowest BCUT2D eigenvalue weighted by Gasteiger charge is -2.21. The molecule has 0 aliphatic carbocycles. The number of fused-ring (bicyclic) bond motifs is 1. The molecule has 148 valence electrons. The van der Waals surface area contributed by atoms with Gasteiger partial charge in [0.2, 0.25) is 5.43 Å². The van der Waals surface area contributed by atoms with Crippen LogP contribution in [0.5, 0.6) is 0 Å². The van der Waals surface area contributed by atoms with E-state index in [1.165, 1.54) is 4.57 Å². The van der Waals surface area contributed by atoms with Crippen LogP contribution in [-0.2, 0) is 6.54 Å². The topological polar surface area (TPSA) is 74.6 Å². The second-order valence-corrected chi connectivity index (χ2v) is 6.28. The van der Waals surface area contributed by atoms with Gasteiger partial charge in [0.15, 0.2) is 5.82 Å². The Kier molecular flexibility index (Phi) is 6.90. The molecule has 0 radical (unpaired) electrons. The maximum Gasteiger partial charge on any atom is 0.341 e. The Morgan fingerprint density at radius 2 is 1.85 bits per heavy atom. The zero-order valence-corrected chi connectivity index (χ0v) is 15.8. The van der Waals surface area contributed by atoms with Gasteiger partial charge in [-0.05, 0) is 39.4 Å². The molecule has 2 aromatic rings. The number of aromatic nitrogens is 1. The summed E-state index contributed by atoms with van der Waals surface area (Å²) in [5, 5.41) is 11.8. The lowest BCUT2D eigenvalue weighted by atomic mass is 10.1. The van der Waals surface area contributed by atoms with Crippen molar-refractivity contribution in [3.8, 4) is 0 Å². The summed E-state index contributed by atoms with van der Waals surface area (Å²) in [7, 11) is 1.93. The van der Waals surface area contributed by atoms with Crippen LogP contribution in [0.3, 0.4) is 0 Å². The van der Waals surface area contributed by atoms with Gasteiger partial charge in [0.05, 0.1) is 10.9 Å². The van der Waals surface area contributed by atoms with Gasteiger partial charge in [0.25, 0.3) is 0 Å². The van der Waals surface area contributed by atoms with Gasteiger partial charge in [-0.2, -0.15) is 0 Å². The smallest absolute Gasteiger partial charge is 0.341 e. The molecule has 1 saturated heterocycles. The number of carboxylic acid groups (broad SMARTS) is 1. The van der Waals surface area contributed by atoms with Crippen LogP contribution in [0.15, 0.2) is 17.1 Å². The number of carboxylic acids is 1. The zero-order chi connectivity index (χ0) is 20.1. The first kappa shape index (κ1) is 20.8. The van der Waals surface area contributed by atoms with Crippen LogP contribution in [0.2, 0.25) is 0 Å². The Hall–Kier alpha value is -2.48. The monoisotopic (exact) mass is 381 g/mol. The average molecular weight is 381 g/mol. The molecule has 6 nitrogen and oxygen atoms in total. The maximum absolute atomic E-state index is 15.0. The highest BCUT2D eigenvalue weighted by atomic mass is 19.1. The van der Waals surface area contributed by atoms with Crippen LogP contribution < -0.4 is 15.6 Å². The van der Waals surface area contributed by atoms with Crippen LogP contribution >= 0.6 is 0 Å². The third-order valence-electron chi connectivity index (χ3n) is 4.58. The van der Waals surface area contributed by atoms with Crippen LogP contribution in [0.1, 0.15) is 37.0 Å². The summed E-state index contributed by atoms with van der Waals surface area (Å²) < 4.78 is 30.7. The van der Waals surface area contributed by atoms with E-state index in [1.54, 1.807) is 11.8 Å². The number of hydrogen-bond acceptors (Lipinski definition) is 4. The van der Waals surface area contributed by atoms with Crippen molar-refractivity contribution in [2.24, 2.45) is 0 Å². The fourth-order valence-electron chi connectivity index (χ4n) is 3.11. The first-order chi connectivity index (χ1) is 12.9. The third-order valence-corrected chi connectivity index (χ3v) is 4.58. The van der Waals surface area contributed by atoms with E-state index in [-0.39, 0.29) is 23.1 Å². The Morgan fingerprint density at radius 1 is 1.26 bits per heavy atom. The Labute approximate surface area is 156 Å².